The highest BCUT2D eigenvalue weighted by molar-refractivity contribution is 6.30. The summed E-state index contributed by atoms with van der Waals surface area (Å²) in [5.41, 5.74) is 14.7. The summed E-state index contributed by atoms with van der Waals surface area (Å²) in [6.45, 7) is 1.24. The Balaban J connectivity index is 1.77. The summed E-state index contributed by atoms with van der Waals surface area (Å²) in [4.78, 5) is 13.7. The summed E-state index contributed by atoms with van der Waals surface area (Å²) >= 11 is 6.12. The van der Waals surface area contributed by atoms with Crippen LogP contribution >= 0.6 is 11.6 Å². The molecule has 6 nitrogen and oxygen atoms in total. The molecular weight excluding hydrogens is 453 g/mol. The van der Waals surface area contributed by atoms with Gasteiger partial charge in [0.25, 0.3) is 0 Å². The van der Waals surface area contributed by atoms with Gasteiger partial charge in [-0.1, -0.05) is 11.6 Å². The van der Waals surface area contributed by atoms with Gasteiger partial charge in [0.15, 0.2) is 5.82 Å². The quantitative estimate of drug-likeness (QED) is 0.395. The molecule has 5 N–H and O–H groups in total. The number of fused-ring (bicyclic) bond motifs is 1. The van der Waals surface area contributed by atoms with Crippen molar-refractivity contribution in [2.75, 3.05) is 23.7 Å². The smallest absolute Gasteiger partial charge is 0.151 e. The van der Waals surface area contributed by atoms with E-state index in [-0.39, 0.29) is 33.7 Å². The van der Waals surface area contributed by atoms with Crippen LogP contribution in [0.15, 0.2) is 36.5 Å². The van der Waals surface area contributed by atoms with E-state index in [2.05, 4.69) is 19.9 Å². The summed E-state index contributed by atoms with van der Waals surface area (Å²) in [5, 5.41) is 0.233. The van der Waals surface area contributed by atoms with Crippen molar-refractivity contribution in [1.82, 2.24) is 15.0 Å². The van der Waals surface area contributed by atoms with Crippen LogP contribution in [-0.2, 0) is 0 Å². The molecule has 0 bridgehead atoms. The zero-order valence-electron chi connectivity index (χ0n) is 17.4. The van der Waals surface area contributed by atoms with Crippen molar-refractivity contribution in [2.45, 2.75) is 18.9 Å². The summed E-state index contributed by atoms with van der Waals surface area (Å²) < 4.78 is 42.3. The van der Waals surface area contributed by atoms with Crippen LogP contribution in [0.1, 0.15) is 12.8 Å². The molecule has 1 aliphatic heterocycles. The second-order valence-electron chi connectivity index (χ2n) is 8.13. The predicted octanol–water partition coefficient (Wildman–Crippen LogP) is 4.87. The lowest BCUT2D eigenvalue weighted by Crippen LogP contribution is -2.40. The van der Waals surface area contributed by atoms with Crippen molar-refractivity contribution < 1.29 is 13.2 Å². The van der Waals surface area contributed by atoms with Crippen LogP contribution in [0.25, 0.3) is 33.5 Å². The molecule has 170 valence electrons. The standard InChI is InChI=1S/C23H20ClF3N6/c24-12-5-11(6-13(25)7-12)16-10-30-22(29)19(21(16)33-3-1-15(28)2-4-33)23-31-18-9-14(26)8-17(27)20(18)32-23/h5-10,15H,1-4,28H2,(H2,29,30)(H,31,32). The number of rotatable bonds is 3. The third-order valence-electron chi connectivity index (χ3n) is 5.86. The first kappa shape index (κ1) is 21.5. The number of nitrogens with one attached hydrogen (secondary N) is 1. The van der Waals surface area contributed by atoms with Gasteiger partial charge in [-0.15, -0.1) is 0 Å². The number of piperidine rings is 1. The Morgan fingerprint density at radius 3 is 2.48 bits per heavy atom. The minimum Gasteiger partial charge on any atom is -0.383 e. The summed E-state index contributed by atoms with van der Waals surface area (Å²) in [6.07, 6.45) is 3.03. The van der Waals surface area contributed by atoms with Gasteiger partial charge in [0.1, 0.15) is 28.8 Å². The van der Waals surface area contributed by atoms with Gasteiger partial charge in [0, 0.05) is 48.0 Å². The molecule has 2 aromatic heterocycles. The summed E-state index contributed by atoms with van der Waals surface area (Å²) in [7, 11) is 0. The Labute approximate surface area is 192 Å². The fourth-order valence-electron chi connectivity index (χ4n) is 4.28. The van der Waals surface area contributed by atoms with Gasteiger partial charge >= 0.3 is 0 Å². The average Bonchev–Trinajstić information content (AvgIpc) is 3.17. The van der Waals surface area contributed by atoms with E-state index in [1.165, 1.54) is 12.1 Å². The highest BCUT2D eigenvalue weighted by Gasteiger charge is 2.27. The third-order valence-corrected chi connectivity index (χ3v) is 6.08. The maximum atomic E-state index is 14.4. The van der Waals surface area contributed by atoms with Crippen LogP contribution in [-0.4, -0.2) is 34.1 Å². The minimum atomic E-state index is -0.770. The highest BCUT2D eigenvalue weighted by Crippen LogP contribution is 2.43. The van der Waals surface area contributed by atoms with Crippen LogP contribution in [0.3, 0.4) is 0 Å². The topological polar surface area (TPSA) is 96.8 Å². The van der Waals surface area contributed by atoms with Gasteiger partial charge in [-0.2, -0.15) is 0 Å². The number of imidazole rings is 1. The predicted molar refractivity (Wildman–Crippen MR) is 123 cm³/mol. The summed E-state index contributed by atoms with van der Waals surface area (Å²) in [5.74, 6) is -1.63. The van der Waals surface area contributed by atoms with E-state index in [9.17, 15) is 13.2 Å². The molecule has 0 atom stereocenters. The lowest BCUT2D eigenvalue weighted by Gasteiger charge is -2.34. The van der Waals surface area contributed by atoms with Crippen LogP contribution < -0.4 is 16.4 Å². The van der Waals surface area contributed by atoms with Crippen LogP contribution in [0, 0.1) is 17.5 Å². The molecule has 0 unspecified atom stereocenters. The molecule has 0 aliphatic carbocycles. The van der Waals surface area contributed by atoms with E-state index in [4.69, 9.17) is 23.1 Å². The number of halogens is 4. The largest absolute Gasteiger partial charge is 0.383 e. The van der Waals surface area contributed by atoms with Crippen molar-refractivity contribution >= 4 is 34.1 Å². The zero-order chi connectivity index (χ0) is 23.3. The molecule has 0 radical (unpaired) electrons. The number of nitrogen functional groups attached to an aromatic ring is 1. The maximum Gasteiger partial charge on any atom is 0.151 e. The Morgan fingerprint density at radius 2 is 1.76 bits per heavy atom. The fraction of sp³-hybridized carbons (Fsp3) is 0.217. The Morgan fingerprint density at radius 1 is 1.03 bits per heavy atom. The van der Waals surface area contributed by atoms with Gasteiger partial charge in [-0.05, 0) is 36.6 Å². The Hall–Kier alpha value is -3.30. The van der Waals surface area contributed by atoms with Crippen LogP contribution in [0.5, 0.6) is 0 Å². The first-order chi connectivity index (χ1) is 15.8. The number of hydrogen-bond donors (Lipinski definition) is 3. The van der Waals surface area contributed by atoms with Gasteiger partial charge in [-0.25, -0.2) is 23.1 Å². The minimum absolute atomic E-state index is 0.0524. The molecular formula is C23H20ClF3N6. The second kappa shape index (κ2) is 8.24. The molecule has 4 aromatic rings. The van der Waals surface area contributed by atoms with Gasteiger partial charge in [-0.3, -0.25) is 0 Å². The molecule has 0 saturated carbocycles. The summed E-state index contributed by atoms with van der Waals surface area (Å²) in [6, 6.07) is 6.19. The molecule has 0 spiro atoms. The van der Waals surface area contributed by atoms with E-state index >= 15 is 0 Å². The molecule has 2 aromatic carbocycles. The molecule has 1 saturated heterocycles. The lowest BCUT2D eigenvalue weighted by atomic mass is 9.97. The van der Waals surface area contributed by atoms with Crippen molar-refractivity contribution in [1.29, 1.82) is 0 Å². The fourth-order valence-corrected chi connectivity index (χ4v) is 4.50. The monoisotopic (exact) mass is 472 g/mol. The lowest BCUT2D eigenvalue weighted by molar-refractivity contribution is 0.501. The number of pyridine rings is 1. The number of aromatic nitrogens is 3. The number of hydrogen-bond acceptors (Lipinski definition) is 5. The number of nitrogens with zero attached hydrogens (tertiary/aromatic N) is 3. The van der Waals surface area contributed by atoms with Crippen molar-refractivity contribution in [3.63, 3.8) is 0 Å². The highest BCUT2D eigenvalue weighted by atomic mass is 35.5. The third kappa shape index (κ3) is 3.98. The molecule has 0 amide bonds. The first-order valence-electron chi connectivity index (χ1n) is 10.4. The van der Waals surface area contributed by atoms with Crippen molar-refractivity contribution in [3.8, 4) is 22.5 Å². The van der Waals surface area contributed by atoms with Crippen molar-refractivity contribution in [2.24, 2.45) is 5.73 Å². The number of aromatic amines is 1. The average molecular weight is 473 g/mol. The second-order valence-corrected chi connectivity index (χ2v) is 8.57. The number of benzene rings is 2. The van der Waals surface area contributed by atoms with E-state index in [1.54, 1.807) is 12.3 Å². The van der Waals surface area contributed by atoms with E-state index < -0.39 is 17.5 Å². The maximum absolute atomic E-state index is 14.4. The molecule has 33 heavy (non-hydrogen) atoms. The molecule has 10 heteroatoms. The van der Waals surface area contributed by atoms with Crippen molar-refractivity contribution in [3.05, 3.63) is 59.0 Å². The SMILES string of the molecule is Nc1ncc(-c2cc(F)cc(Cl)c2)c(N2CCC(N)CC2)c1-c1nc2cc(F)cc(F)c2[nH]1. The number of H-pyrrole nitrogens is 1. The van der Waals surface area contributed by atoms with E-state index in [0.29, 0.717) is 35.5 Å². The van der Waals surface area contributed by atoms with Crippen LogP contribution in [0.4, 0.5) is 24.7 Å². The Kier molecular flexibility index (Phi) is 5.38. The van der Waals surface area contributed by atoms with Crippen LogP contribution in [0.2, 0.25) is 5.02 Å². The Bertz CT molecular complexity index is 1340. The zero-order valence-corrected chi connectivity index (χ0v) is 18.1. The van der Waals surface area contributed by atoms with E-state index in [0.717, 1.165) is 25.0 Å². The van der Waals surface area contributed by atoms with Gasteiger partial charge in [0.05, 0.1) is 16.8 Å². The molecule has 3 heterocycles. The molecule has 1 fully saturated rings. The molecule has 5 rings (SSSR count). The van der Waals surface area contributed by atoms with Gasteiger partial charge < -0.3 is 21.4 Å². The van der Waals surface area contributed by atoms with E-state index in [1.807, 2.05) is 0 Å². The normalized spacial score (nSPS) is 14.9. The van der Waals surface area contributed by atoms with Gasteiger partial charge in [0.2, 0.25) is 0 Å². The first-order valence-corrected chi connectivity index (χ1v) is 10.8. The molecule has 1 aliphatic rings. The number of nitrogens with two attached hydrogens (primary N) is 2. The number of anilines is 2.